The van der Waals surface area contributed by atoms with Gasteiger partial charge in [-0.25, -0.2) is 4.79 Å². The van der Waals surface area contributed by atoms with E-state index < -0.39 is 0 Å². The lowest BCUT2D eigenvalue weighted by molar-refractivity contribution is -0.118. The van der Waals surface area contributed by atoms with Crippen molar-refractivity contribution >= 4 is 12.4 Å². The molecule has 1 heterocycles. The van der Waals surface area contributed by atoms with Gasteiger partial charge >= 0.3 is 6.03 Å². The Labute approximate surface area is 165 Å². The highest BCUT2D eigenvalue weighted by Gasteiger charge is 2.37. The fraction of sp³-hybridized carbons (Fsp3) is 0.818. The Morgan fingerprint density at radius 3 is 2.48 bits per heavy atom. The Hall–Kier alpha value is -1.52. The van der Waals surface area contributed by atoms with Crippen molar-refractivity contribution in [2.45, 2.75) is 72.3 Å². The van der Waals surface area contributed by atoms with Crippen LogP contribution in [0.3, 0.4) is 0 Å². The van der Waals surface area contributed by atoms with Crippen LogP contribution in [0.2, 0.25) is 0 Å². The van der Waals surface area contributed by atoms with E-state index in [0.717, 1.165) is 64.6 Å². The van der Waals surface area contributed by atoms with Gasteiger partial charge < -0.3 is 15.1 Å². The van der Waals surface area contributed by atoms with Gasteiger partial charge in [-0.15, -0.1) is 0 Å². The summed E-state index contributed by atoms with van der Waals surface area (Å²) in [5.41, 5.74) is 0.356. The number of carbonyl (C=O) groups excluding carboxylic acids is 2. The van der Waals surface area contributed by atoms with Crippen LogP contribution < -0.4 is 5.32 Å². The van der Waals surface area contributed by atoms with Gasteiger partial charge in [0.2, 0.25) is 6.41 Å². The number of likely N-dealkylation sites (tertiary alicyclic amines) is 1. The van der Waals surface area contributed by atoms with E-state index in [9.17, 15) is 9.59 Å². The number of hydrogen-bond acceptors (Lipinski definition) is 2. The minimum atomic E-state index is 0.115. The Morgan fingerprint density at radius 1 is 1.19 bits per heavy atom. The van der Waals surface area contributed by atoms with Gasteiger partial charge in [0, 0.05) is 32.7 Å². The first kappa shape index (κ1) is 21.8. The van der Waals surface area contributed by atoms with Crippen molar-refractivity contribution in [3.63, 3.8) is 0 Å². The summed E-state index contributed by atoms with van der Waals surface area (Å²) < 4.78 is 0. The predicted molar refractivity (Wildman–Crippen MR) is 110 cm³/mol. The van der Waals surface area contributed by atoms with Gasteiger partial charge in [-0.2, -0.15) is 0 Å². The molecule has 2 atom stereocenters. The van der Waals surface area contributed by atoms with E-state index in [1.54, 1.807) is 4.90 Å². The number of nitrogens with zero attached hydrogens (tertiary/aromatic N) is 2. The zero-order valence-electron chi connectivity index (χ0n) is 18.0. The molecule has 1 saturated heterocycles. The van der Waals surface area contributed by atoms with Crippen molar-refractivity contribution in [1.29, 1.82) is 0 Å². The molecule has 0 spiro atoms. The molecule has 0 bridgehead atoms. The maximum atomic E-state index is 12.1. The largest absolute Gasteiger partial charge is 0.348 e. The van der Waals surface area contributed by atoms with E-state index in [4.69, 9.17) is 0 Å². The molecule has 2 fully saturated rings. The minimum absolute atomic E-state index is 0.115. The van der Waals surface area contributed by atoms with Gasteiger partial charge in [-0.05, 0) is 55.3 Å². The number of urea groups is 1. The molecule has 0 radical (unpaired) electrons. The lowest BCUT2D eigenvalue weighted by Gasteiger charge is -2.36. The van der Waals surface area contributed by atoms with Crippen LogP contribution in [0, 0.1) is 16.7 Å². The molecular formula is C22H39N3O2. The Kier molecular flexibility index (Phi) is 7.35. The SMILES string of the molecule is CN(C=O)CC(C)(C)CC(C)(C)CC/C=C\[C@@H]1CC1NC(=O)N1CCCC1. The van der Waals surface area contributed by atoms with Crippen molar-refractivity contribution in [2.24, 2.45) is 16.7 Å². The first-order chi connectivity index (χ1) is 12.6. The molecule has 5 heteroatoms. The average molecular weight is 378 g/mol. The fourth-order valence-electron chi connectivity index (χ4n) is 4.66. The minimum Gasteiger partial charge on any atom is -0.348 e. The summed E-state index contributed by atoms with van der Waals surface area (Å²) in [4.78, 5) is 26.7. The number of rotatable bonds is 10. The van der Waals surface area contributed by atoms with Crippen molar-refractivity contribution in [1.82, 2.24) is 15.1 Å². The van der Waals surface area contributed by atoms with Gasteiger partial charge in [0.1, 0.15) is 0 Å². The summed E-state index contributed by atoms with van der Waals surface area (Å²) in [6, 6.07) is 0.456. The predicted octanol–water partition coefficient (Wildman–Crippen LogP) is 4.05. The van der Waals surface area contributed by atoms with Crippen molar-refractivity contribution in [3.8, 4) is 0 Å². The monoisotopic (exact) mass is 377 g/mol. The molecule has 2 rings (SSSR count). The fourth-order valence-corrected chi connectivity index (χ4v) is 4.66. The smallest absolute Gasteiger partial charge is 0.317 e. The zero-order valence-corrected chi connectivity index (χ0v) is 18.0. The maximum Gasteiger partial charge on any atom is 0.317 e. The topological polar surface area (TPSA) is 52.7 Å². The molecule has 1 aliphatic carbocycles. The number of amides is 3. The number of nitrogens with one attached hydrogen (secondary N) is 1. The van der Waals surface area contributed by atoms with Crippen LogP contribution in [-0.2, 0) is 4.79 Å². The summed E-state index contributed by atoms with van der Waals surface area (Å²) in [5, 5.41) is 3.16. The summed E-state index contributed by atoms with van der Waals surface area (Å²) in [6.07, 6.45) is 12.1. The van der Waals surface area contributed by atoms with E-state index in [0.29, 0.717) is 12.0 Å². The van der Waals surface area contributed by atoms with E-state index in [1.165, 1.54) is 0 Å². The molecular weight excluding hydrogens is 338 g/mol. The zero-order chi connectivity index (χ0) is 20.1. The quantitative estimate of drug-likeness (QED) is 0.461. The molecule has 1 unspecified atom stereocenters. The molecule has 2 aliphatic rings. The highest BCUT2D eigenvalue weighted by atomic mass is 16.2. The molecule has 154 valence electrons. The first-order valence-electron chi connectivity index (χ1n) is 10.5. The highest BCUT2D eigenvalue weighted by molar-refractivity contribution is 5.75. The van der Waals surface area contributed by atoms with Crippen LogP contribution in [0.4, 0.5) is 4.79 Å². The first-order valence-corrected chi connectivity index (χ1v) is 10.5. The Morgan fingerprint density at radius 2 is 1.85 bits per heavy atom. The Bertz CT molecular complexity index is 536. The van der Waals surface area contributed by atoms with Crippen molar-refractivity contribution in [3.05, 3.63) is 12.2 Å². The number of hydrogen-bond donors (Lipinski definition) is 1. The average Bonchev–Trinajstić information content (AvgIpc) is 3.06. The summed E-state index contributed by atoms with van der Waals surface area (Å²) in [6.45, 7) is 11.7. The van der Waals surface area contributed by atoms with E-state index in [2.05, 4.69) is 45.2 Å². The van der Waals surface area contributed by atoms with Crippen molar-refractivity contribution in [2.75, 3.05) is 26.7 Å². The summed E-state index contributed by atoms with van der Waals surface area (Å²) in [5.74, 6) is 0.511. The maximum absolute atomic E-state index is 12.1. The summed E-state index contributed by atoms with van der Waals surface area (Å²) >= 11 is 0. The molecule has 0 aromatic carbocycles. The lowest BCUT2D eigenvalue weighted by atomic mass is 9.72. The molecule has 1 aliphatic heterocycles. The standard InChI is InChI=1S/C22H39N3O2/c1-21(2,15-22(3,4)16-24(5)17-26)11-7-6-10-18-14-19(18)23-20(27)25-12-8-9-13-25/h6,10,17-19H,7-9,11-16H2,1-5H3,(H,23,27)/b10-6-/t18-,19?/m1/s1. The van der Waals surface area contributed by atoms with Gasteiger partial charge in [-0.3, -0.25) is 4.79 Å². The van der Waals surface area contributed by atoms with Crippen molar-refractivity contribution < 1.29 is 9.59 Å². The van der Waals surface area contributed by atoms with E-state index >= 15 is 0 Å². The highest BCUT2D eigenvalue weighted by Crippen LogP contribution is 2.38. The normalized spacial score (nSPS) is 22.9. The van der Waals surface area contributed by atoms with Gasteiger partial charge in [0.25, 0.3) is 0 Å². The van der Waals surface area contributed by atoms with Crippen LogP contribution >= 0.6 is 0 Å². The van der Waals surface area contributed by atoms with Gasteiger partial charge in [0.15, 0.2) is 0 Å². The van der Waals surface area contributed by atoms with Crippen LogP contribution in [0.25, 0.3) is 0 Å². The second kappa shape index (κ2) is 9.11. The van der Waals surface area contributed by atoms with E-state index in [-0.39, 0.29) is 16.9 Å². The van der Waals surface area contributed by atoms with Crippen LogP contribution in [0.5, 0.6) is 0 Å². The molecule has 3 amide bonds. The molecule has 1 N–H and O–H groups in total. The molecule has 0 aromatic rings. The van der Waals surface area contributed by atoms with Gasteiger partial charge in [0.05, 0.1) is 0 Å². The van der Waals surface area contributed by atoms with Gasteiger partial charge in [-0.1, -0.05) is 39.8 Å². The second-order valence-corrected chi connectivity index (χ2v) is 10.1. The third-order valence-corrected chi connectivity index (χ3v) is 5.73. The van der Waals surface area contributed by atoms with Crippen LogP contribution in [-0.4, -0.2) is 55.0 Å². The Balaban J connectivity index is 1.66. The van der Waals surface area contributed by atoms with Crippen LogP contribution in [0.15, 0.2) is 12.2 Å². The number of carbonyl (C=O) groups is 2. The third kappa shape index (κ3) is 7.55. The third-order valence-electron chi connectivity index (χ3n) is 5.73. The second-order valence-electron chi connectivity index (χ2n) is 10.1. The number of allylic oxidation sites excluding steroid dienone is 1. The molecule has 1 saturated carbocycles. The molecule has 0 aromatic heterocycles. The van der Waals surface area contributed by atoms with E-state index in [1.807, 2.05) is 11.9 Å². The molecule has 5 nitrogen and oxygen atoms in total. The molecule has 27 heavy (non-hydrogen) atoms. The van der Waals surface area contributed by atoms with Crippen LogP contribution in [0.1, 0.15) is 66.2 Å². The summed E-state index contributed by atoms with van der Waals surface area (Å²) in [7, 11) is 1.85. The lowest BCUT2D eigenvalue weighted by Crippen LogP contribution is -2.39.